The van der Waals surface area contributed by atoms with Gasteiger partial charge >= 0.3 is 11.9 Å². The first-order valence-corrected chi connectivity index (χ1v) is 13.2. The van der Waals surface area contributed by atoms with E-state index in [2.05, 4.69) is 20.9 Å². The molecule has 3 amide bonds. The van der Waals surface area contributed by atoms with Crippen LogP contribution in [0, 0.1) is 0 Å². The zero-order valence-electron chi connectivity index (χ0n) is 21.0. The van der Waals surface area contributed by atoms with Crippen LogP contribution in [0.1, 0.15) is 25.3 Å². The highest BCUT2D eigenvalue weighted by molar-refractivity contribution is 7.98. The quantitative estimate of drug-likeness (QED) is 0.137. The molecule has 0 aliphatic rings. The van der Waals surface area contributed by atoms with Crippen molar-refractivity contribution in [2.24, 2.45) is 5.73 Å². The predicted molar refractivity (Wildman–Crippen MR) is 140 cm³/mol. The van der Waals surface area contributed by atoms with E-state index >= 15 is 0 Å². The van der Waals surface area contributed by atoms with Gasteiger partial charge in [0.05, 0.1) is 12.5 Å². The van der Waals surface area contributed by atoms with Crippen LogP contribution >= 0.6 is 11.8 Å². The Balaban J connectivity index is 2.30. The number of carbonyl (C=O) groups is 5. The normalized spacial score (nSPS) is 15.1. The highest BCUT2D eigenvalue weighted by atomic mass is 32.2. The van der Waals surface area contributed by atoms with Crippen molar-refractivity contribution in [1.82, 2.24) is 20.9 Å². The van der Waals surface area contributed by atoms with Gasteiger partial charge < -0.3 is 42.0 Å². The zero-order valence-corrected chi connectivity index (χ0v) is 21.8. The molecule has 0 fully saturated rings. The van der Waals surface area contributed by atoms with E-state index in [4.69, 9.17) is 5.73 Å². The number of hydrogen-bond donors (Lipinski definition) is 8. The van der Waals surface area contributed by atoms with Gasteiger partial charge in [0.2, 0.25) is 17.7 Å². The summed E-state index contributed by atoms with van der Waals surface area (Å²) in [5.74, 6) is -5.00. The van der Waals surface area contributed by atoms with Gasteiger partial charge in [0, 0.05) is 23.5 Å². The minimum Gasteiger partial charge on any atom is -0.481 e. The largest absolute Gasteiger partial charge is 0.481 e. The van der Waals surface area contributed by atoms with Crippen molar-refractivity contribution in [2.45, 2.75) is 56.5 Å². The van der Waals surface area contributed by atoms with Crippen LogP contribution in [-0.2, 0) is 30.4 Å². The molecule has 5 atom stereocenters. The van der Waals surface area contributed by atoms with E-state index in [0.717, 1.165) is 10.9 Å². The van der Waals surface area contributed by atoms with Gasteiger partial charge in [-0.05, 0) is 37.0 Å². The lowest BCUT2D eigenvalue weighted by Gasteiger charge is -2.25. The Kier molecular flexibility index (Phi) is 11.6. The van der Waals surface area contributed by atoms with Crippen LogP contribution in [0.25, 0.3) is 10.9 Å². The molecule has 0 aliphatic heterocycles. The van der Waals surface area contributed by atoms with Gasteiger partial charge in [-0.3, -0.25) is 19.2 Å². The number of H-pyrrole nitrogens is 1. The van der Waals surface area contributed by atoms with Crippen LogP contribution in [0.15, 0.2) is 30.5 Å². The number of rotatable bonds is 15. The van der Waals surface area contributed by atoms with Gasteiger partial charge in [-0.1, -0.05) is 18.2 Å². The average Bonchev–Trinajstić information content (AvgIpc) is 3.27. The summed E-state index contributed by atoms with van der Waals surface area (Å²) >= 11 is 1.37. The topological polar surface area (TPSA) is 224 Å². The number of aromatic nitrogens is 1. The summed E-state index contributed by atoms with van der Waals surface area (Å²) in [5, 5.41) is 36.2. The number of fused-ring (bicyclic) bond motifs is 1. The number of aromatic amines is 1. The van der Waals surface area contributed by atoms with E-state index in [0.29, 0.717) is 11.3 Å². The summed E-state index contributed by atoms with van der Waals surface area (Å²) in [7, 11) is 0. The molecule has 14 heteroatoms. The Bertz CT molecular complexity index is 1150. The third kappa shape index (κ3) is 8.75. The van der Waals surface area contributed by atoms with Gasteiger partial charge in [0.25, 0.3) is 0 Å². The molecule has 0 aliphatic carbocycles. The van der Waals surface area contributed by atoms with Crippen molar-refractivity contribution >= 4 is 52.3 Å². The molecule has 13 nitrogen and oxygen atoms in total. The Hall–Kier alpha value is -3.62. The third-order valence-corrected chi connectivity index (χ3v) is 6.44. The number of nitrogens with two attached hydrogens (primary N) is 1. The van der Waals surface area contributed by atoms with Crippen LogP contribution in [0.2, 0.25) is 0 Å². The maximum atomic E-state index is 13.3. The SMILES string of the molecule is CSCCC(NC(=O)C(CC(=O)O)NC(=O)C(Cc1c[nH]c2ccccc12)NC(=O)C(N)C(C)O)C(=O)O. The van der Waals surface area contributed by atoms with Crippen LogP contribution < -0.4 is 21.7 Å². The highest BCUT2D eigenvalue weighted by Gasteiger charge is 2.32. The number of benzene rings is 1. The highest BCUT2D eigenvalue weighted by Crippen LogP contribution is 2.19. The number of carbonyl (C=O) groups excluding carboxylic acids is 3. The number of amides is 3. The van der Waals surface area contributed by atoms with E-state index in [9.17, 15) is 39.3 Å². The monoisotopic (exact) mass is 551 g/mol. The second-order valence-electron chi connectivity index (χ2n) is 8.73. The lowest BCUT2D eigenvalue weighted by Crippen LogP contribution is -2.59. The van der Waals surface area contributed by atoms with Crippen molar-refractivity contribution in [1.29, 1.82) is 0 Å². The van der Waals surface area contributed by atoms with Crippen molar-refractivity contribution in [2.75, 3.05) is 12.0 Å². The summed E-state index contributed by atoms with van der Waals surface area (Å²) in [4.78, 5) is 64.7. The molecule has 2 rings (SSSR count). The second-order valence-corrected chi connectivity index (χ2v) is 9.72. The maximum absolute atomic E-state index is 13.3. The molecule has 0 saturated heterocycles. The lowest BCUT2D eigenvalue weighted by atomic mass is 10.0. The van der Waals surface area contributed by atoms with Crippen LogP contribution in [0.4, 0.5) is 0 Å². The fourth-order valence-electron chi connectivity index (χ4n) is 3.64. The number of thioether (sulfide) groups is 1. The molecular weight excluding hydrogens is 518 g/mol. The summed E-state index contributed by atoms with van der Waals surface area (Å²) < 4.78 is 0. The number of aliphatic hydroxyl groups is 1. The summed E-state index contributed by atoms with van der Waals surface area (Å²) in [5.41, 5.74) is 7.14. The van der Waals surface area contributed by atoms with E-state index in [1.165, 1.54) is 18.7 Å². The standard InChI is InChI=1S/C24H33N5O8S/c1-12(30)20(25)23(35)29-17(9-13-11-26-15-6-4-3-5-14(13)15)21(33)28-18(10-19(31)32)22(34)27-16(24(36)37)7-8-38-2/h3-6,11-12,16-18,20,26,30H,7-10,25H2,1-2H3,(H,27,34)(H,28,33)(H,29,35)(H,31,32)(H,36,37). The summed E-state index contributed by atoms with van der Waals surface area (Å²) in [6.07, 6.45) is 1.41. The minimum atomic E-state index is -1.62. The van der Waals surface area contributed by atoms with Crippen molar-refractivity contribution in [3.05, 3.63) is 36.0 Å². The average molecular weight is 552 g/mol. The van der Waals surface area contributed by atoms with Crippen molar-refractivity contribution < 1.29 is 39.3 Å². The molecule has 0 spiro atoms. The molecule has 2 aromatic rings. The first-order chi connectivity index (χ1) is 17.9. The predicted octanol–water partition coefficient (Wildman–Crippen LogP) is -0.815. The van der Waals surface area contributed by atoms with E-state index in [1.54, 1.807) is 24.6 Å². The van der Waals surface area contributed by atoms with Crippen LogP contribution in [0.3, 0.4) is 0 Å². The smallest absolute Gasteiger partial charge is 0.326 e. The Morgan fingerprint density at radius 2 is 1.58 bits per heavy atom. The molecule has 1 heterocycles. The molecule has 208 valence electrons. The number of para-hydroxylation sites is 1. The molecule has 1 aromatic carbocycles. The molecule has 1 aromatic heterocycles. The van der Waals surface area contributed by atoms with Gasteiger partial charge in [-0.25, -0.2) is 4.79 Å². The molecule has 38 heavy (non-hydrogen) atoms. The first-order valence-electron chi connectivity index (χ1n) is 11.8. The molecule has 9 N–H and O–H groups in total. The lowest BCUT2D eigenvalue weighted by molar-refractivity contribution is -0.143. The fourth-order valence-corrected chi connectivity index (χ4v) is 4.11. The minimum absolute atomic E-state index is 0.0546. The Labute approximate surface area is 222 Å². The van der Waals surface area contributed by atoms with Crippen molar-refractivity contribution in [3.8, 4) is 0 Å². The third-order valence-electron chi connectivity index (χ3n) is 5.79. The number of carboxylic acid groups (broad SMARTS) is 2. The molecule has 5 unspecified atom stereocenters. The first kappa shape index (κ1) is 30.6. The number of aliphatic carboxylic acids is 2. The van der Waals surface area contributed by atoms with Crippen molar-refractivity contribution in [3.63, 3.8) is 0 Å². The number of aliphatic hydroxyl groups excluding tert-OH is 1. The number of nitrogens with one attached hydrogen (secondary N) is 4. The maximum Gasteiger partial charge on any atom is 0.326 e. The van der Waals surface area contributed by atoms with E-state index < -0.39 is 66.4 Å². The van der Waals surface area contributed by atoms with Gasteiger partial charge in [0.15, 0.2) is 0 Å². The van der Waals surface area contributed by atoms with Gasteiger partial charge in [0.1, 0.15) is 24.2 Å². The second kappa shape index (κ2) is 14.4. The fraction of sp³-hybridized carbons (Fsp3) is 0.458. The Morgan fingerprint density at radius 3 is 2.18 bits per heavy atom. The van der Waals surface area contributed by atoms with Gasteiger partial charge in [-0.2, -0.15) is 11.8 Å². The number of carboxylic acids is 2. The molecule has 0 saturated carbocycles. The molecular formula is C24H33N5O8S. The van der Waals surface area contributed by atoms with Gasteiger partial charge in [-0.15, -0.1) is 0 Å². The molecule has 0 radical (unpaired) electrons. The van der Waals surface area contributed by atoms with E-state index in [1.807, 2.05) is 12.1 Å². The van der Waals surface area contributed by atoms with Crippen LogP contribution in [-0.4, -0.2) is 92.2 Å². The van der Waals surface area contributed by atoms with Crippen LogP contribution in [0.5, 0.6) is 0 Å². The number of hydrogen-bond acceptors (Lipinski definition) is 8. The van der Waals surface area contributed by atoms with E-state index in [-0.39, 0.29) is 12.8 Å². The summed E-state index contributed by atoms with van der Waals surface area (Å²) in [6, 6.07) is 1.67. The Morgan fingerprint density at radius 1 is 0.974 bits per heavy atom. The molecule has 0 bridgehead atoms. The summed E-state index contributed by atoms with van der Waals surface area (Å²) in [6.45, 7) is 1.31. The zero-order chi connectivity index (χ0) is 28.4.